The van der Waals surface area contributed by atoms with Gasteiger partial charge in [-0.25, -0.2) is 0 Å². The van der Waals surface area contributed by atoms with Gasteiger partial charge in [-0.15, -0.1) is 0 Å². The lowest BCUT2D eigenvalue weighted by molar-refractivity contribution is -0.121. The number of anilines is 1. The highest BCUT2D eigenvalue weighted by Gasteiger charge is 2.21. The molecule has 102 valence electrons. The van der Waals surface area contributed by atoms with Gasteiger partial charge >= 0.3 is 0 Å². The van der Waals surface area contributed by atoms with E-state index in [1.54, 1.807) is 0 Å². The van der Waals surface area contributed by atoms with E-state index in [0.717, 1.165) is 4.90 Å². The second kappa shape index (κ2) is 6.05. The predicted octanol–water partition coefficient (Wildman–Crippen LogP) is -0.665. The number of benzene rings is 1. The Labute approximate surface area is 114 Å². The molecule has 7 nitrogen and oxygen atoms in total. The Bertz CT molecular complexity index is 517. The molecular weight excluding hydrogens is 272 g/mol. The molecule has 1 aromatic rings. The molecule has 0 saturated heterocycles. The molecule has 0 fully saturated rings. The number of nitrogens with zero attached hydrogens (tertiary/aromatic N) is 1. The highest BCUT2D eigenvalue weighted by molar-refractivity contribution is 6.31. The first kappa shape index (κ1) is 14.8. The molecule has 3 amide bonds. The van der Waals surface area contributed by atoms with Gasteiger partial charge in [-0.3, -0.25) is 14.4 Å². The molecule has 0 heterocycles. The standard InChI is InChI=1S/C11H13ClN4O3/c12-6-1-2-7(8(13)3-6)11(19)16(4-9(14)17)5-10(15)18/h1-3H,4-5,13H2,(H2,14,17)(H2,15,18). The van der Waals surface area contributed by atoms with E-state index in [-0.39, 0.29) is 11.3 Å². The summed E-state index contributed by atoms with van der Waals surface area (Å²) in [5.74, 6) is -2.14. The molecule has 0 aliphatic heterocycles. The van der Waals surface area contributed by atoms with Crippen molar-refractivity contribution in [2.24, 2.45) is 11.5 Å². The minimum absolute atomic E-state index is 0.118. The van der Waals surface area contributed by atoms with Gasteiger partial charge in [0.05, 0.1) is 5.56 Å². The lowest BCUT2D eigenvalue weighted by Crippen LogP contribution is -2.43. The number of hydrogen-bond donors (Lipinski definition) is 3. The molecule has 0 atom stereocenters. The van der Waals surface area contributed by atoms with Gasteiger partial charge in [-0.05, 0) is 18.2 Å². The van der Waals surface area contributed by atoms with Crippen molar-refractivity contribution in [1.82, 2.24) is 4.90 Å². The fraction of sp³-hybridized carbons (Fsp3) is 0.182. The first-order chi connectivity index (χ1) is 8.81. The summed E-state index contributed by atoms with van der Waals surface area (Å²) in [4.78, 5) is 34.8. The van der Waals surface area contributed by atoms with Crippen LogP contribution in [-0.4, -0.2) is 35.7 Å². The molecular formula is C11H13ClN4O3. The summed E-state index contributed by atoms with van der Waals surface area (Å²) in [5.41, 5.74) is 15.9. The molecule has 8 heteroatoms. The van der Waals surface area contributed by atoms with Gasteiger partial charge in [0, 0.05) is 10.7 Å². The van der Waals surface area contributed by atoms with Gasteiger partial charge in [-0.1, -0.05) is 11.6 Å². The number of halogens is 1. The smallest absolute Gasteiger partial charge is 0.256 e. The molecule has 1 rings (SSSR count). The summed E-state index contributed by atoms with van der Waals surface area (Å²) in [5, 5.41) is 0.366. The van der Waals surface area contributed by atoms with Gasteiger partial charge in [0.25, 0.3) is 5.91 Å². The minimum atomic E-state index is -0.762. The molecule has 0 spiro atoms. The number of hydrogen-bond acceptors (Lipinski definition) is 4. The molecule has 1 aromatic carbocycles. The van der Waals surface area contributed by atoms with Crippen LogP contribution in [0.5, 0.6) is 0 Å². The van der Waals surface area contributed by atoms with Crippen molar-refractivity contribution in [2.45, 2.75) is 0 Å². The summed E-state index contributed by atoms with van der Waals surface area (Å²) in [6, 6.07) is 4.26. The van der Waals surface area contributed by atoms with Crippen LogP contribution in [0.25, 0.3) is 0 Å². The van der Waals surface area contributed by atoms with Gasteiger partial charge in [-0.2, -0.15) is 0 Å². The lowest BCUT2D eigenvalue weighted by atomic mass is 10.1. The molecule has 19 heavy (non-hydrogen) atoms. The highest BCUT2D eigenvalue weighted by atomic mass is 35.5. The van der Waals surface area contributed by atoms with Crippen LogP contribution in [-0.2, 0) is 9.59 Å². The van der Waals surface area contributed by atoms with Crippen molar-refractivity contribution < 1.29 is 14.4 Å². The first-order valence-corrected chi connectivity index (χ1v) is 5.60. The van der Waals surface area contributed by atoms with Crippen LogP contribution in [0, 0.1) is 0 Å². The van der Waals surface area contributed by atoms with E-state index in [4.69, 9.17) is 28.8 Å². The van der Waals surface area contributed by atoms with Crippen LogP contribution in [0.15, 0.2) is 18.2 Å². The highest BCUT2D eigenvalue weighted by Crippen LogP contribution is 2.19. The summed E-state index contributed by atoms with van der Waals surface area (Å²) in [7, 11) is 0. The van der Waals surface area contributed by atoms with E-state index >= 15 is 0 Å². The molecule has 0 unspecified atom stereocenters. The molecule has 0 aliphatic carbocycles. The van der Waals surface area contributed by atoms with Crippen LogP contribution >= 0.6 is 11.6 Å². The van der Waals surface area contributed by atoms with E-state index in [2.05, 4.69) is 0 Å². The summed E-state index contributed by atoms with van der Waals surface area (Å²) >= 11 is 5.72. The average Bonchev–Trinajstić information content (AvgIpc) is 2.26. The number of carbonyl (C=O) groups is 3. The lowest BCUT2D eigenvalue weighted by Gasteiger charge is -2.20. The Balaban J connectivity index is 3.04. The normalized spacial score (nSPS) is 9.95. The van der Waals surface area contributed by atoms with Crippen LogP contribution < -0.4 is 17.2 Å². The van der Waals surface area contributed by atoms with Crippen molar-refractivity contribution in [3.63, 3.8) is 0 Å². The monoisotopic (exact) mass is 284 g/mol. The Kier molecular flexibility index (Phi) is 4.71. The van der Waals surface area contributed by atoms with Crippen molar-refractivity contribution in [1.29, 1.82) is 0 Å². The topological polar surface area (TPSA) is 133 Å². The number of amides is 3. The van der Waals surface area contributed by atoms with E-state index < -0.39 is 30.8 Å². The van der Waals surface area contributed by atoms with Crippen LogP contribution in [0.3, 0.4) is 0 Å². The Morgan fingerprint density at radius 1 is 1.11 bits per heavy atom. The molecule has 0 saturated carbocycles. The zero-order valence-electron chi connectivity index (χ0n) is 9.93. The third-order valence-corrected chi connectivity index (χ3v) is 2.46. The Morgan fingerprint density at radius 3 is 2.05 bits per heavy atom. The fourth-order valence-electron chi connectivity index (χ4n) is 1.47. The SMILES string of the molecule is NC(=O)CN(CC(N)=O)C(=O)c1ccc(Cl)cc1N. The first-order valence-electron chi connectivity index (χ1n) is 5.22. The summed E-state index contributed by atoms with van der Waals surface area (Å²) in [6.07, 6.45) is 0. The third kappa shape index (κ3) is 4.14. The van der Waals surface area contributed by atoms with Gasteiger partial charge in [0.1, 0.15) is 13.1 Å². The molecule has 0 radical (unpaired) electrons. The van der Waals surface area contributed by atoms with Gasteiger partial charge in [0.15, 0.2) is 0 Å². The number of nitrogens with two attached hydrogens (primary N) is 3. The number of rotatable bonds is 5. The van der Waals surface area contributed by atoms with Crippen LogP contribution in [0.4, 0.5) is 5.69 Å². The number of carbonyl (C=O) groups excluding carboxylic acids is 3. The molecule has 6 N–H and O–H groups in total. The quantitative estimate of drug-likeness (QED) is 0.619. The number of nitrogen functional groups attached to an aromatic ring is 1. The summed E-state index contributed by atoms with van der Waals surface area (Å²) < 4.78 is 0. The maximum absolute atomic E-state index is 12.1. The van der Waals surface area contributed by atoms with Crippen molar-refractivity contribution in [2.75, 3.05) is 18.8 Å². The van der Waals surface area contributed by atoms with E-state index in [0.29, 0.717) is 5.02 Å². The van der Waals surface area contributed by atoms with Crippen LogP contribution in [0.2, 0.25) is 5.02 Å². The van der Waals surface area contributed by atoms with Crippen LogP contribution in [0.1, 0.15) is 10.4 Å². The van der Waals surface area contributed by atoms with Gasteiger partial charge < -0.3 is 22.1 Å². The minimum Gasteiger partial charge on any atom is -0.398 e. The van der Waals surface area contributed by atoms with Crippen molar-refractivity contribution in [3.8, 4) is 0 Å². The van der Waals surface area contributed by atoms with Crippen molar-refractivity contribution >= 4 is 35.0 Å². The van der Waals surface area contributed by atoms with E-state index in [1.807, 2.05) is 0 Å². The number of primary amides is 2. The maximum atomic E-state index is 12.1. The molecule has 0 aromatic heterocycles. The maximum Gasteiger partial charge on any atom is 0.256 e. The summed E-state index contributed by atoms with van der Waals surface area (Å²) in [6.45, 7) is -0.853. The zero-order valence-corrected chi connectivity index (χ0v) is 10.7. The average molecular weight is 285 g/mol. The second-order valence-corrected chi connectivity index (χ2v) is 4.26. The molecule has 0 bridgehead atoms. The second-order valence-electron chi connectivity index (χ2n) is 3.83. The fourth-order valence-corrected chi connectivity index (χ4v) is 1.65. The zero-order chi connectivity index (χ0) is 14.6. The van der Waals surface area contributed by atoms with Crippen molar-refractivity contribution in [3.05, 3.63) is 28.8 Å². The third-order valence-electron chi connectivity index (χ3n) is 2.22. The Morgan fingerprint density at radius 2 is 1.63 bits per heavy atom. The van der Waals surface area contributed by atoms with E-state index in [1.165, 1.54) is 18.2 Å². The van der Waals surface area contributed by atoms with E-state index in [9.17, 15) is 14.4 Å². The molecule has 0 aliphatic rings. The van der Waals surface area contributed by atoms with Gasteiger partial charge in [0.2, 0.25) is 11.8 Å². The largest absolute Gasteiger partial charge is 0.398 e. The Hall–Kier alpha value is -2.28. The predicted molar refractivity (Wildman–Crippen MR) is 70.2 cm³/mol.